The Morgan fingerprint density at radius 3 is 3.11 bits per heavy atom. The SMILES string of the molecule is c1ccn2cc(CSc3nnc(C4CC4)o3)nc2c1. The summed E-state index contributed by atoms with van der Waals surface area (Å²) < 4.78 is 7.62. The highest BCUT2D eigenvalue weighted by molar-refractivity contribution is 7.98. The van der Waals surface area contributed by atoms with Crippen molar-refractivity contribution in [1.82, 2.24) is 19.6 Å². The molecule has 0 atom stereocenters. The lowest BCUT2D eigenvalue weighted by atomic mass is 10.4. The molecule has 0 unspecified atom stereocenters. The van der Waals surface area contributed by atoms with Gasteiger partial charge in [0.25, 0.3) is 5.22 Å². The second-order valence-corrected chi connectivity index (χ2v) is 5.59. The van der Waals surface area contributed by atoms with Crippen LogP contribution in [0.3, 0.4) is 0 Å². The molecule has 0 spiro atoms. The van der Waals surface area contributed by atoms with Gasteiger partial charge in [0, 0.05) is 24.1 Å². The summed E-state index contributed by atoms with van der Waals surface area (Å²) in [6.45, 7) is 0. The Balaban J connectivity index is 1.48. The molecule has 1 aliphatic rings. The topological polar surface area (TPSA) is 56.2 Å². The standard InChI is InChI=1S/C13H12N4OS/c1-2-6-17-7-10(14-11(17)3-1)8-19-13-16-15-12(18-13)9-4-5-9/h1-3,6-7,9H,4-5,8H2. The average molecular weight is 272 g/mol. The molecule has 0 bridgehead atoms. The number of imidazole rings is 1. The predicted molar refractivity (Wildman–Crippen MR) is 71.0 cm³/mol. The lowest BCUT2D eigenvalue weighted by Crippen LogP contribution is -1.79. The van der Waals surface area contributed by atoms with E-state index in [0.717, 1.165) is 23.0 Å². The number of thioether (sulfide) groups is 1. The Labute approximate surface area is 114 Å². The fraction of sp³-hybridized carbons (Fsp3) is 0.308. The first-order valence-electron chi connectivity index (χ1n) is 6.27. The van der Waals surface area contributed by atoms with Crippen LogP contribution in [0.5, 0.6) is 0 Å². The van der Waals surface area contributed by atoms with Gasteiger partial charge in [-0.1, -0.05) is 17.8 Å². The quantitative estimate of drug-likeness (QED) is 0.683. The molecule has 3 aromatic rings. The largest absolute Gasteiger partial charge is 0.416 e. The van der Waals surface area contributed by atoms with Crippen LogP contribution in [-0.2, 0) is 5.75 Å². The van der Waals surface area contributed by atoms with Crippen molar-refractivity contribution in [1.29, 1.82) is 0 Å². The third-order valence-electron chi connectivity index (χ3n) is 3.11. The molecule has 1 fully saturated rings. The normalized spacial score (nSPS) is 15.2. The van der Waals surface area contributed by atoms with E-state index < -0.39 is 0 Å². The van der Waals surface area contributed by atoms with Gasteiger partial charge in [-0.25, -0.2) is 4.98 Å². The molecule has 0 amide bonds. The Morgan fingerprint density at radius 2 is 2.26 bits per heavy atom. The number of aromatic nitrogens is 4. The van der Waals surface area contributed by atoms with Crippen molar-refractivity contribution in [3.05, 3.63) is 42.2 Å². The zero-order chi connectivity index (χ0) is 12.7. The van der Waals surface area contributed by atoms with Crippen LogP contribution in [0.2, 0.25) is 0 Å². The third kappa shape index (κ3) is 2.23. The van der Waals surface area contributed by atoms with Crippen LogP contribution >= 0.6 is 11.8 Å². The van der Waals surface area contributed by atoms with Crippen molar-refractivity contribution in [3.8, 4) is 0 Å². The molecule has 0 aliphatic heterocycles. The summed E-state index contributed by atoms with van der Waals surface area (Å²) in [4.78, 5) is 4.53. The Kier molecular flexibility index (Phi) is 2.55. The minimum atomic E-state index is 0.511. The molecule has 1 saturated carbocycles. The highest BCUT2D eigenvalue weighted by Crippen LogP contribution is 2.40. The van der Waals surface area contributed by atoms with Crippen LogP contribution in [-0.4, -0.2) is 19.6 Å². The van der Waals surface area contributed by atoms with Crippen molar-refractivity contribution >= 4 is 17.4 Å². The van der Waals surface area contributed by atoms with E-state index >= 15 is 0 Å². The number of rotatable bonds is 4. The van der Waals surface area contributed by atoms with E-state index in [1.165, 1.54) is 24.6 Å². The van der Waals surface area contributed by atoms with Crippen LogP contribution < -0.4 is 0 Å². The molecule has 4 rings (SSSR count). The summed E-state index contributed by atoms with van der Waals surface area (Å²) in [5, 5.41) is 8.77. The Bertz CT molecular complexity index is 683. The maximum absolute atomic E-state index is 5.61. The number of hydrogen-bond acceptors (Lipinski definition) is 5. The summed E-state index contributed by atoms with van der Waals surface area (Å²) in [5.41, 5.74) is 1.98. The van der Waals surface area contributed by atoms with Crippen LogP contribution in [0, 0.1) is 0 Å². The number of nitrogens with zero attached hydrogens (tertiary/aromatic N) is 4. The molecule has 19 heavy (non-hydrogen) atoms. The molecule has 6 heteroatoms. The molecule has 0 aromatic carbocycles. The smallest absolute Gasteiger partial charge is 0.276 e. The lowest BCUT2D eigenvalue weighted by molar-refractivity contribution is 0.414. The molecule has 1 aliphatic carbocycles. The van der Waals surface area contributed by atoms with Crippen molar-refractivity contribution in [2.45, 2.75) is 29.7 Å². The van der Waals surface area contributed by atoms with E-state index in [1.54, 1.807) is 0 Å². The lowest BCUT2D eigenvalue weighted by Gasteiger charge is -1.91. The molecule has 5 nitrogen and oxygen atoms in total. The molecule has 0 saturated heterocycles. The van der Waals surface area contributed by atoms with Crippen LogP contribution in [0.4, 0.5) is 0 Å². The molecule has 96 valence electrons. The van der Waals surface area contributed by atoms with E-state index in [4.69, 9.17) is 4.42 Å². The molecule has 3 aromatic heterocycles. The first kappa shape index (κ1) is 11.0. The van der Waals surface area contributed by atoms with Gasteiger partial charge in [0.2, 0.25) is 5.89 Å². The summed E-state index contributed by atoms with van der Waals surface area (Å²) in [5.74, 6) is 2.04. The number of pyridine rings is 1. The highest BCUT2D eigenvalue weighted by Gasteiger charge is 2.29. The fourth-order valence-corrected chi connectivity index (χ4v) is 2.62. The van der Waals surface area contributed by atoms with Gasteiger partial charge in [0.15, 0.2) is 0 Å². The minimum Gasteiger partial charge on any atom is -0.416 e. The second-order valence-electron chi connectivity index (χ2n) is 4.67. The van der Waals surface area contributed by atoms with E-state index in [2.05, 4.69) is 15.2 Å². The molecular formula is C13H12N4OS. The maximum atomic E-state index is 5.61. The van der Waals surface area contributed by atoms with Crippen molar-refractivity contribution in [2.24, 2.45) is 0 Å². The monoisotopic (exact) mass is 272 g/mol. The van der Waals surface area contributed by atoms with Crippen LogP contribution in [0.1, 0.15) is 30.3 Å². The summed E-state index contributed by atoms with van der Waals surface area (Å²) in [7, 11) is 0. The van der Waals surface area contributed by atoms with Gasteiger partial charge >= 0.3 is 0 Å². The average Bonchev–Trinajstić information content (AvgIpc) is 3.03. The first-order chi connectivity index (χ1) is 9.38. The Morgan fingerprint density at radius 1 is 1.32 bits per heavy atom. The highest BCUT2D eigenvalue weighted by atomic mass is 32.2. The van der Waals surface area contributed by atoms with Gasteiger partial charge in [-0.05, 0) is 25.0 Å². The van der Waals surface area contributed by atoms with Crippen molar-refractivity contribution in [3.63, 3.8) is 0 Å². The van der Waals surface area contributed by atoms with Crippen LogP contribution in [0.25, 0.3) is 5.65 Å². The van der Waals surface area contributed by atoms with Gasteiger partial charge in [0.05, 0.1) is 5.69 Å². The van der Waals surface area contributed by atoms with Gasteiger partial charge < -0.3 is 8.82 Å². The Hall–Kier alpha value is -1.82. The summed E-state index contributed by atoms with van der Waals surface area (Å²) in [6, 6.07) is 5.97. The van der Waals surface area contributed by atoms with Gasteiger partial charge in [-0.2, -0.15) is 0 Å². The van der Waals surface area contributed by atoms with Crippen LogP contribution in [0.15, 0.2) is 40.2 Å². The zero-order valence-corrected chi connectivity index (χ0v) is 11.0. The molecule has 0 radical (unpaired) electrons. The third-order valence-corrected chi connectivity index (χ3v) is 3.96. The summed E-state index contributed by atoms with van der Waals surface area (Å²) in [6.07, 6.45) is 6.38. The van der Waals surface area contributed by atoms with Crippen molar-refractivity contribution in [2.75, 3.05) is 0 Å². The van der Waals surface area contributed by atoms with E-state index in [-0.39, 0.29) is 0 Å². The van der Waals surface area contributed by atoms with Crippen molar-refractivity contribution < 1.29 is 4.42 Å². The molecular weight excluding hydrogens is 260 g/mol. The minimum absolute atomic E-state index is 0.511. The first-order valence-corrected chi connectivity index (χ1v) is 7.26. The second kappa shape index (κ2) is 4.38. The molecule has 0 N–H and O–H groups in total. The number of fused-ring (bicyclic) bond motifs is 1. The molecule has 3 heterocycles. The fourth-order valence-electron chi connectivity index (χ4n) is 1.97. The van der Waals surface area contributed by atoms with Gasteiger partial charge in [0.1, 0.15) is 5.65 Å². The van der Waals surface area contributed by atoms with Gasteiger partial charge in [-0.15, -0.1) is 10.2 Å². The van der Waals surface area contributed by atoms with E-state index in [1.807, 2.05) is 35.0 Å². The zero-order valence-electron chi connectivity index (χ0n) is 10.2. The van der Waals surface area contributed by atoms with E-state index in [0.29, 0.717) is 11.1 Å². The van der Waals surface area contributed by atoms with Gasteiger partial charge in [-0.3, -0.25) is 0 Å². The summed E-state index contributed by atoms with van der Waals surface area (Å²) >= 11 is 1.54. The van der Waals surface area contributed by atoms with E-state index in [9.17, 15) is 0 Å². The number of hydrogen-bond donors (Lipinski definition) is 0. The maximum Gasteiger partial charge on any atom is 0.276 e. The predicted octanol–water partition coefficient (Wildman–Crippen LogP) is 2.89.